The second-order valence-corrected chi connectivity index (χ2v) is 7.37. The molecule has 3 heterocycles. The second-order valence-electron chi connectivity index (χ2n) is 7.37. The molecule has 2 aliphatic rings. The Morgan fingerprint density at radius 3 is 2.67 bits per heavy atom. The molecule has 0 spiro atoms. The molecule has 2 aromatic heterocycles. The first-order valence-electron chi connectivity index (χ1n) is 9.34. The SMILES string of the molecule is NC1CCC(CCN2CCN(c3nccc4occc34)CC2)CC1. The molecule has 2 fully saturated rings. The highest BCUT2D eigenvalue weighted by molar-refractivity contribution is 5.88. The number of fused-ring (bicyclic) bond motifs is 1. The van der Waals surface area contributed by atoms with E-state index >= 15 is 0 Å². The predicted molar refractivity (Wildman–Crippen MR) is 97.2 cm³/mol. The summed E-state index contributed by atoms with van der Waals surface area (Å²) < 4.78 is 5.50. The summed E-state index contributed by atoms with van der Waals surface area (Å²) in [5.41, 5.74) is 6.94. The molecular formula is C19H28N4O. The van der Waals surface area contributed by atoms with Gasteiger partial charge in [0.1, 0.15) is 11.4 Å². The molecule has 130 valence electrons. The van der Waals surface area contributed by atoms with E-state index in [0.29, 0.717) is 6.04 Å². The average molecular weight is 328 g/mol. The Balaban J connectivity index is 1.28. The van der Waals surface area contributed by atoms with Crippen molar-refractivity contribution in [3.63, 3.8) is 0 Å². The maximum absolute atomic E-state index is 6.01. The second kappa shape index (κ2) is 7.11. The molecule has 24 heavy (non-hydrogen) atoms. The Kier molecular flexibility index (Phi) is 4.72. The number of rotatable bonds is 4. The highest BCUT2D eigenvalue weighted by Gasteiger charge is 2.22. The third-order valence-corrected chi connectivity index (χ3v) is 5.78. The number of hydrogen-bond acceptors (Lipinski definition) is 5. The van der Waals surface area contributed by atoms with Crippen LogP contribution in [0.3, 0.4) is 0 Å². The first-order chi connectivity index (χ1) is 11.8. The molecule has 0 atom stereocenters. The third kappa shape index (κ3) is 3.42. The maximum Gasteiger partial charge on any atom is 0.139 e. The zero-order valence-electron chi connectivity index (χ0n) is 14.4. The first-order valence-corrected chi connectivity index (χ1v) is 9.34. The van der Waals surface area contributed by atoms with E-state index in [4.69, 9.17) is 10.2 Å². The van der Waals surface area contributed by atoms with E-state index in [0.717, 1.165) is 48.9 Å². The fourth-order valence-electron chi connectivity index (χ4n) is 4.16. The lowest BCUT2D eigenvalue weighted by atomic mass is 9.84. The highest BCUT2D eigenvalue weighted by atomic mass is 16.3. The van der Waals surface area contributed by atoms with Crippen LogP contribution < -0.4 is 10.6 Å². The van der Waals surface area contributed by atoms with Crippen molar-refractivity contribution in [2.45, 2.75) is 38.1 Å². The lowest BCUT2D eigenvalue weighted by Gasteiger charge is -2.36. The Morgan fingerprint density at radius 1 is 1.08 bits per heavy atom. The van der Waals surface area contributed by atoms with Crippen LogP contribution in [0.4, 0.5) is 5.82 Å². The summed E-state index contributed by atoms with van der Waals surface area (Å²) in [4.78, 5) is 9.60. The van der Waals surface area contributed by atoms with E-state index in [9.17, 15) is 0 Å². The zero-order chi connectivity index (χ0) is 16.4. The minimum Gasteiger partial charge on any atom is -0.464 e. The van der Waals surface area contributed by atoms with E-state index in [1.165, 1.54) is 38.6 Å². The van der Waals surface area contributed by atoms with Crippen molar-refractivity contribution in [1.82, 2.24) is 9.88 Å². The van der Waals surface area contributed by atoms with Crippen molar-refractivity contribution in [1.29, 1.82) is 0 Å². The molecule has 0 aromatic carbocycles. The topological polar surface area (TPSA) is 58.5 Å². The number of hydrogen-bond donors (Lipinski definition) is 1. The van der Waals surface area contributed by atoms with Gasteiger partial charge in [-0.2, -0.15) is 0 Å². The fraction of sp³-hybridized carbons (Fsp3) is 0.632. The first kappa shape index (κ1) is 15.9. The van der Waals surface area contributed by atoms with Crippen LogP contribution in [-0.4, -0.2) is 48.6 Å². The number of nitrogens with zero attached hydrogens (tertiary/aromatic N) is 3. The molecule has 0 bridgehead atoms. The molecule has 5 nitrogen and oxygen atoms in total. The van der Waals surface area contributed by atoms with Gasteiger partial charge < -0.3 is 15.1 Å². The van der Waals surface area contributed by atoms with Crippen molar-refractivity contribution >= 4 is 16.8 Å². The number of pyridine rings is 1. The van der Waals surface area contributed by atoms with Crippen LogP contribution in [0, 0.1) is 5.92 Å². The van der Waals surface area contributed by atoms with Gasteiger partial charge in [0.25, 0.3) is 0 Å². The van der Waals surface area contributed by atoms with Gasteiger partial charge in [-0.1, -0.05) is 0 Å². The lowest BCUT2D eigenvalue weighted by Crippen LogP contribution is -2.47. The van der Waals surface area contributed by atoms with E-state index in [1.54, 1.807) is 6.26 Å². The van der Waals surface area contributed by atoms with Crippen LogP contribution in [0.5, 0.6) is 0 Å². The third-order valence-electron chi connectivity index (χ3n) is 5.78. The van der Waals surface area contributed by atoms with Gasteiger partial charge in [-0.15, -0.1) is 0 Å². The standard InChI is InChI=1S/C19H28N4O/c20-16-3-1-15(2-4-16)6-9-22-10-12-23(13-11-22)19-17-7-14-24-18(17)5-8-21-19/h5,7-8,14-16H,1-4,6,9-13,20H2. The summed E-state index contributed by atoms with van der Waals surface area (Å²) in [6, 6.07) is 4.42. The van der Waals surface area contributed by atoms with Crippen molar-refractivity contribution in [2.75, 3.05) is 37.6 Å². The quantitative estimate of drug-likeness (QED) is 0.935. The fourth-order valence-corrected chi connectivity index (χ4v) is 4.16. The molecule has 1 aliphatic heterocycles. The highest BCUT2D eigenvalue weighted by Crippen LogP contribution is 2.28. The van der Waals surface area contributed by atoms with Crippen molar-refractivity contribution in [2.24, 2.45) is 11.7 Å². The van der Waals surface area contributed by atoms with Crippen LogP contribution in [0.2, 0.25) is 0 Å². The molecule has 1 saturated carbocycles. The number of furan rings is 1. The molecule has 0 radical (unpaired) electrons. The molecule has 4 rings (SSSR count). The van der Waals surface area contributed by atoms with Gasteiger partial charge >= 0.3 is 0 Å². The van der Waals surface area contributed by atoms with Gasteiger partial charge in [0.05, 0.1) is 11.6 Å². The average Bonchev–Trinajstić information content (AvgIpc) is 3.10. The van der Waals surface area contributed by atoms with Crippen LogP contribution in [0.15, 0.2) is 29.0 Å². The molecule has 5 heteroatoms. The molecule has 0 amide bonds. The van der Waals surface area contributed by atoms with Gasteiger partial charge in [-0.3, -0.25) is 4.90 Å². The molecule has 0 unspecified atom stereocenters. The van der Waals surface area contributed by atoms with Crippen LogP contribution in [0.1, 0.15) is 32.1 Å². The van der Waals surface area contributed by atoms with E-state index in [1.807, 2.05) is 18.3 Å². The lowest BCUT2D eigenvalue weighted by molar-refractivity contribution is 0.216. The van der Waals surface area contributed by atoms with E-state index < -0.39 is 0 Å². The Hall–Kier alpha value is -1.59. The number of anilines is 1. The normalized spacial score (nSPS) is 26.1. The minimum atomic E-state index is 0.461. The summed E-state index contributed by atoms with van der Waals surface area (Å²) in [5.74, 6) is 1.96. The summed E-state index contributed by atoms with van der Waals surface area (Å²) in [6.45, 7) is 5.58. The maximum atomic E-state index is 6.01. The van der Waals surface area contributed by atoms with Crippen molar-refractivity contribution in [3.05, 3.63) is 24.6 Å². The van der Waals surface area contributed by atoms with Gasteiger partial charge in [-0.05, 0) is 56.7 Å². The smallest absolute Gasteiger partial charge is 0.139 e. The molecule has 2 aromatic rings. The summed E-state index contributed by atoms with van der Waals surface area (Å²) >= 11 is 0. The Labute approximate surface area is 143 Å². The zero-order valence-corrected chi connectivity index (χ0v) is 14.4. The summed E-state index contributed by atoms with van der Waals surface area (Å²) in [5, 5.41) is 1.13. The van der Waals surface area contributed by atoms with Gasteiger partial charge in [0.2, 0.25) is 0 Å². The minimum absolute atomic E-state index is 0.461. The van der Waals surface area contributed by atoms with Crippen molar-refractivity contribution < 1.29 is 4.42 Å². The van der Waals surface area contributed by atoms with Crippen LogP contribution >= 0.6 is 0 Å². The van der Waals surface area contributed by atoms with Crippen LogP contribution in [-0.2, 0) is 0 Å². The molecular weight excluding hydrogens is 300 g/mol. The number of nitrogens with two attached hydrogens (primary N) is 1. The largest absolute Gasteiger partial charge is 0.464 e. The predicted octanol–water partition coefficient (Wildman–Crippen LogP) is 2.86. The summed E-state index contributed by atoms with van der Waals surface area (Å²) in [6.07, 6.45) is 10.0. The van der Waals surface area contributed by atoms with E-state index in [-0.39, 0.29) is 0 Å². The molecule has 1 saturated heterocycles. The number of aromatic nitrogens is 1. The monoisotopic (exact) mass is 328 g/mol. The molecule has 2 N–H and O–H groups in total. The van der Waals surface area contributed by atoms with Gasteiger partial charge in [-0.25, -0.2) is 4.98 Å². The van der Waals surface area contributed by atoms with E-state index in [2.05, 4.69) is 14.8 Å². The number of piperazine rings is 1. The molecule has 1 aliphatic carbocycles. The van der Waals surface area contributed by atoms with Crippen molar-refractivity contribution in [3.8, 4) is 0 Å². The van der Waals surface area contributed by atoms with Gasteiger partial charge in [0, 0.05) is 38.4 Å². The Bertz CT molecular complexity index is 654. The van der Waals surface area contributed by atoms with Crippen LogP contribution in [0.25, 0.3) is 11.0 Å². The van der Waals surface area contributed by atoms with Gasteiger partial charge in [0.15, 0.2) is 0 Å². The Morgan fingerprint density at radius 2 is 1.88 bits per heavy atom. The summed E-state index contributed by atoms with van der Waals surface area (Å²) in [7, 11) is 0.